The van der Waals surface area contributed by atoms with Crippen LogP contribution in [0, 0.1) is 5.92 Å². The maximum atomic E-state index is 12.6. The number of benzene rings is 2. The standard InChI is InChI=1S/C24H24N2O2/c27-23(22-15-28-24(26-22)19-4-2-1-3-5-19)12-16-8-10-18(11-9-16)20-13-21(20)25-14-17-6-7-17/h1-5,8-11,15,17,20-21,25H,6-7,12-14H2. The van der Waals surface area contributed by atoms with E-state index in [2.05, 4.69) is 34.6 Å². The average Bonchev–Trinajstić information content (AvgIpc) is 3.65. The van der Waals surface area contributed by atoms with Gasteiger partial charge in [0.1, 0.15) is 12.0 Å². The van der Waals surface area contributed by atoms with E-state index >= 15 is 0 Å². The first kappa shape index (κ1) is 17.4. The number of rotatable bonds is 8. The van der Waals surface area contributed by atoms with Crippen LogP contribution in [-0.2, 0) is 6.42 Å². The van der Waals surface area contributed by atoms with Gasteiger partial charge in [-0.3, -0.25) is 4.79 Å². The third-order valence-electron chi connectivity index (χ3n) is 5.74. The van der Waals surface area contributed by atoms with Gasteiger partial charge in [-0.2, -0.15) is 0 Å². The molecule has 4 heteroatoms. The van der Waals surface area contributed by atoms with Gasteiger partial charge in [0.15, 0.2) is 5.78 Å². The summed E-state index contributed by atoms with van der Waals surface area (Å²) in [6.07, 6.45) is 5.82. The summed E-state index contributed by atoms with van der Waals surface area (Å²) in [5, 5.41) is 3.68. The molecule has 0 aliphatic heterocycles. The lowest BCUT2D eigenvalue weighted by Crippen LogP contribution is -2.20. The molecule has 2 atom stereocenters. The highest BCUT2D eigenvalue weighted by Crippen LogP contribution is 2.41. The molecule has 142 valence electrons. The van der Waals surface area contributed by atoms with Crippen molar-refractivity contribution in [3.63, 3.8) is 0 Å². The predicted octanol–water partition coefficient (Wildman–Crippen LogP) is 4.62. The van der Waals surface area contributed by atoms with Gasteiger partial charge < -0.3 is 9.73 Å². The lowest BCUT2D eigenvalue weighted by molar-refractivity contribution is 0.0988. The van der Waals surface area contributed by atoms with E-state index in [1.807, 2.05) is 30.3 Å². The van der Waals surface area contributed by atoms with Gasteiger partial charge in [-0.15, -0.1) is 0 Å². The number of aromatic nitrogens is 1. The maximum absolute atomic E-state index is 12.6. The Bertz CT molecular complexity index is 958. The summed E-state index contributed by atoms with van der Waals surface area (Å²) < 4.78 is 5.49. The predicted molar refractivity (Wildman–Crippen MR) is 108 cm³/mol. The normalized spacial score (nSPS) is 20.9. The number of oxazole rings is 1. The zero-order valence-corrected chi connectivity index (χ0v) is 15.8. The minimum Gasteiger partial charge on any atom is -0.444 e. The van der Waals surface area contributed by atoms with E-state index in [4.69, 9.17) is 4.42 Å². The number of nitrogens with zero attached hydrogens (tertiary/aromatic N) is 1. The minimum atomic E-state index is -0.0194. The SMILES string of the molecule is O=C(Cc1ccc(C2CC2NCC2CC2)cc1)c1coc(-c2ccccc2)n1. The Kier molecular flexibility index (Phi) is 4.57. The Balaban J connectivity index is 1.18. The Morgan fingerprint density at radius 2 is 1.86 bits per heavy atom. The first-order valence-electron chi connectivity index (χ1n) is 10.1. The van der Waals surface area contributed by atoms with Crippen LogP contribution in [0.2, 0.25) is 0 Å². The van der Waals surface area contributed by atoms with E-state index in [1.165, 1.54) is 37.6 Å². The van der Waals surface area contributed by atoms with E-state index in [9.17, 15) is 4.79 Å². The highest BCUT2D eigenvalue weighted by molar-refractivity contribution is 5.95. The van der Waals surface area contributed by atoms with Crippen molar-refractivity contribution in [3.05, 3.63) is 77.7 Å². The van der Waals surface area contributed by atoms with Crippen LogP contribution in [0.15, 0.2) is 65.3 Å². The second-order valence-corrected chi connectivity index (χ2v) is 8.05. The summed E-state index contributed by atoms with van der Waals surface area (Å²) in [5.74, 6) is 2.02. The number of ketones is 1. The summed E-state index contributed by atoms with van der Waals surface area (Å²) in [6.45, 7) is 1.18. The molecule has 5 rings (SSSR count). The molecule has 0 spiro atoms. The first-order valence-corrected chi connectivity index (χ1v) is 10.1. The monoisotopic (exact) mass is 372 g/mol. The van der Waals surface area contributed by atoms with E-state index in [0.717, 1.165) is 17.0 Å². The molecular formula is C24H24N2O2. The molecule has 0 saturated heterocycles. The van der Waals surface area contributed by atoms with Gasteiger partial charge in [0.2, 0.25) is 5.89 Å². The summed E-state index contributed by atoms with van der Waals surface area (Å²) in [7, 11) is 0. The van der Waals surface area contributed by atoms with E-state index < -0.39 is 0 Å². The lowest BCUT2D eigenvalue weighted by Gasteiger charge is -2.05. The molecule has 2 aliphatic carbocycles. The number of Topliss-reactive ketones (excluding diaryl/α,β-unsaturated/α-hetero) is 1. The van der Waals surface area contributed by atoms with Crippen LogP contribution >= 0.6 is 0 Å². The second kappa shape index (κ2) is 7.36. The largest absolute Gasteiger partial charge is 0.444 e. The zero-order valence-electron chi connectivity index (χ0n) is 15.8. The Labute approximate surface area is 165 Å². The van der Waals surface area contributed by atoms with E-state index in [0.29, 0.717) is 30.0 Å². The van der Waals surface area contributed by atoms with Crippen LogP contribution in [0.1, 0.15) is 46.8 Å². The fourth-order valence-corrected chi connectivity index (χ4v) is 3.70. The van der Waals surface area contributed by atoms with Crippen molar-refractivity contribution in [2.24, 2.45) is 5.92 Å². The van der Waals surface area contributed by atoms with Gasteiger partial charge in [-0.25, -0.2) is 4.98 Å². The maximum Gasteiger partial charge on any atom is 0.226 e. The first-order chi connectivity index (χ1) is 13.8. The molecule has 0 bridgehead atoms. The summed E-state index contributed by atoms with van der Waals surface area (Å²) in [6, 6.07) is 18.8. The summed E-state index contributed by atoms with van der Waals surface area (Å²) >= 11 is 0. The minimum absolute atomic E-state index is 0.0194. The molecule has 4 nitrogen and oxygen atoms in total. The molecule has 2 aromatic carbocycles. The van der Waals surface area contributed by atoms with Gasteiger partial charge >= 0.3 is 0 Å². The summed E-state index contributed by atoms with van der Waals surface area (Å²) in [4.78, 5) is 16.9. The topological polar surface area (TPSA) is 55.1 Å². The van der Waals surface area contributed by atoms with Crippen molar-refractivity contribution < 1.29 is 9.21 Å². The smallest absolute Gasteiger partial charge is 0.226 e. The number of hydrogen-bond acceptors (Lipinski definition) is 4. The van der Waals surface area contributed by atoms with Crippen molar-refractivity contribution in [1.82, 2.24) is 10.3 Å². The molecule has 2 saturated carbocycles. The average molecular weight is 372 g/mol. The molecule has 3 aromatic rings. The fraction of sp³-hybridized carbons (Fsp3) is 0.333. The third kappa shape index (κ3) is 3.92. The van der Waals surface area contributed by atoms with Gasteiger partial charge in [0, 0.05) is 23.9 Å². The van der Waals surface area contributed by atoms with Gasteiger partial charge in [0.25, 0.3) is 0 Å². The summed E-state index contributed by atoms with van der Waals surface area (Å²) in [5.41, 5.74) is 3.65. The van der Waals surface area contributed by atoms with Crippen LogP contribution < -0.4 is 5.32 Å². The molecule has 1 heterocycles. The Morgan fingerprint density at radius 3 is 2.61 bits per heavy atom. The highest BCUT2D eigenvalue weighted by Gasteiger charge is 2.38. The van der Waals surface area contributed by atoms with Crippen LogP contribution in [0.4, 0.5) is 0 Å². The van der Waals surface area contributed by atoms with Crippen LogP contribution in [0.3, 0.4) is 0 Å². The molecule has 0 amide bonds. The second-order valence-electron chi connectivity index (χ2n) is 8.05. The number of nitrogens with one attached hydrogen (secondary N) is 1. The van der Waals surface area contributed by atoms with Gasteiger partial charge in [-0.1, -0.05) is 42.5 Å². The highest BCUT2D eigenvalue weighted by atomic mass is 16.3. The molecule has 0 radical (unpaired) electrons. The Morgan fingerprint density at radius 1 is 1.07 bits per heavy atom. The fourth-order valence-electron chi connectivity index (χ4n) is 3.70. The van der Waals surface area contributed by atoms with Crippen molar-refractivity contribution in [2.45, 2.75) is 37.6 Å². The molecule has 2 unspecified atom stereocenters. The van der Waals surface area contributed by atoms with E-state index in [-0.39, 0.29) is 5.78 Å². The van der Waals surface area contributed by atoms with Crippen molar-refractivity contribution in [1.29, 1.82) is 0 Å². The van der Waals surface area contributed by atoms with Gasteiger partial charge in [-0.05, 0) is 55.0 Å². The quantitative estimate of drug-likeness (QED) is 0.586. The molecule has 1 aromatic heterocycles. The lowest BCUT2D eigenvalue weighted by atomic mass is 10.0. The van der Waals surface area contributed by atoms with Crippen LogP contribution in [0.25, 0.3) is 11.5 Å². The Hall–Kier alpha value is -2.72. The molecule has 28 heavy (non-hydrogen) atoms. The molecule has 2 fully saturated rings. The van der Waals surface area contributed by atoms with Crippen LogP contribution in [0.5, 0.6) is 0 Å². The number of carbonyl (C=O) groups excluding carboxylic acids is 1. The van der Waals surface area contributed by atoms with Crippen molar-refractivity contribution in [2.75, 3.05) is 6.54 Å². The molecule has 1 N–H and O–H groups in total. The van der Waals surface area contributed by atoms with Gasteiger partial charge in [0.05, 0.1) is 0 Å². The van der Waals surface area contributed by atoms with E-state index in [1.54, 1.807) is 0 Å². The van der Waals surface area contributed by atoms with Crippen LogP contribution in [-0.4, -0.2) is 23.4 Å². The van der Waals surface area contributed by atoms with Crippen molar-refractivity contribution in [3.8, 4) is 11.5 Å². The van der Waals surface area contributed by atoms with Crippen molar-refractivity contribution >= 4 is 5.78 Å². The number of hydrogen-bond donors (Lipinski definition) is 1. The molecular weight excluding hydrogens is 348 g/mol. The third-order valence-corrected chi connectivity index (χ3v) is 5.74. The zero-order chi connectivity index (χ0) is 18.9. The molecule has 2 aliphatic rings. The number of carbonyl (C=O) groups is 1.